The number of nitrogens with two attached hydrogens (primary N) is 1. The van der Waals surface area contributed by atoms with Crippen molar-refractivity contribution < 1.29 is 0 Å². The number of aryl methyl sites for hydroxylation is 1. The fourth-order valence-electron chi connectivity index (χ4n) is 1.49. The van der Waals surface area contributed by atoms with Gasteiger partial charge in [-0.1, -0.05) is 20.8 Å². The number of hydrazine groups is 1. The Hall–Kier alpha value is -0.380. The Morgan fingerprint density at radius 3 is 2.43 bits per heavy atom. The summed E-state index contributed by atoms with van der Waals surface area (Å²) in [5.41, 5.74) is 3.20. The van der Waals surface area contributed by atoms with Crippen molar-refractivity contribution in [3.63, 3.8) is 0 Å². The van der Waals surface area contributed by atoms with E-state index in [4.69, 9.17) is 5.84 Å². The van der Waals surface area contributed by atoms with Crippen LogP contribution in [0.1, 0.15) is 43.0 Å². The summed E-state index contributed by atoms with van der Waals surface area (Å²) in [4.78, 5) is 2.68. The van der Waals surface area contributed by atoms with Gasteiger partial charge in [-0.3, -0.25) is 11.3 Å². The highest BCUT2D eigenvalue weighted by molar-refractivity contribution is 7.12. The van der Waals surface area contributed by atoms with E-state index in [9.17, 15) is 0 Å². The van der Waals surface area contributed by atoms with Crippen LogP contribution in [0.3, 0.4) is 0 Å². The molecule has 14 heavy (non-hydrogen) atoms. The molecule has 3 heteroatoms. The minimum atomic E-state index is 0.286. The van der Waals surface area contributed by atoms with Gasteiger partial charge in [0, 0.05) is 9.75 Å². The predicted molar refractivity (Wildman–Crippen MR) is 63.2 cm³/mol. The first-order valence-corrected chi connectivity index (χ1v) is 5.76. The van der Waals surface area contributed by atoms with Gasteiger partial charge >= 0.3 is 0 Å². The first-order valence-electron chi connectivity index (χ1n) is 4.95. The van der Waals surface area contributed by atoms with E-state index in [1.165, 1.54) is 9.75 Å². The predicted octanol–water partition coefficient (Wildman–Crippen LogP) is 3.00. The number of hydrogen-bond donors (Lipinski definition) is 2. The third kappa shape index (κ3) is 3.40. The summed E-state index contributed by atoms with van der Waals surface area (Å²) >= 11 is 1.82. The summed E-state index contributed by atoms with van der Waals surface area (Å²) in [7, 11) is 0. The molecule has 80 valence electrons. The minimum absolute atomic E-state index is 0.286. The standard InChI is InChI=1S/C11H20N2S/c1-8-5-6-10(14-8)9(13-12)7-11(2,3)4/h5-6,9,13H,7,12H2,1-4H3. The van der Waals surface area contributed by atoms with Crippen LogP contribution in [-0.4, -0.2) is 0 Å². The van der Waals surface area contributed by atoms with Gasteiger partial charge in [-0.15, -0.1) is 11.3 Å². The van der Waals surface area contributed by atoms with Crippen molar-refractivity contribution in [1.29, 1.82) is 0 Å². The molecular formula is C11H20N2S. The van der Waals surface area contributed by atoms with Gasteiger partial charge in [-0.25, -0.2) is 0 Å². The van der Waals surface area contributed by atoms with Gasteiger partial charge in [0.25, 0.3) is 0 Å². The number of nitrogens with one attached hydrogen (secondary N) is 1. The molecule has 1 aromatic rings. The monoisotopic (exact) mass is 212 g/mol. The summed E-state index contributed by atoms with van der Waals surface area (Å²) in [5.74, 6) is 5.58. The maximum atomic E-state index is 5.58. The third-order valence-corrected chi connectivity index (χ3v) is 3.24. The van der Waals surface area contributed by atoms with Crippen LogP contribution in [0.25, 0.3) is 0 Å². The molecule has 0 amide bonds. The average Bonchev–Trinajstić information content (AvgIpc) is 2.46. The van der Waals surface area contributed by atoms with Gasteiger partial charge in [0.15, 0.2) is 0 Å². The van der Waals surface area contributed by atoms with Crippen LogP contribution in [-0.2, 0) is 0 Å². The van der Waals surface area contributed by atoms with Gasteiger partial charge in [0.2, 0.25) is 0 Å². The molecule has 0 aliphatic rings. The van der Waals surface area contributed by atoms with Crippen LogP contribution < -0.4 is 11.3 Å². The number of rotatable bonds is 3. The Morgan fingerprint density at radius 2 is 2.07 bits per heavy atom. The molecule has 1 atom stereocenters. The van der Waals surface area contributed by atoms with Crippen molar-refractivity contribution in [2.24, 2.45) is 11.3 Å². The van der Waals surface area contributed by atoms with E-state index in [0.717, 1.165) is 6.42 Å². The Bertz CT molecular complexity index is 286. The van der Waals surface area contributed by atoms with Crippen LogP contribution in [0.15, 0.2) is 12.1 Å². The summed E-state index contributed by atoms with van der Waals surface area (Å²) < 4.78 is 0. The fraction of sp³-hybridized carbons (Fsp3) is 0.636. The van der Waals surface area contributed by atoms with Crippen molar-refractivity contribution in [1.82, 2.24) is 5.43 Å². The molecule has 0 radical (unpaired) electrons. The molecule has 2 nitrogen and oxygen atoms in total. The smallest absolute Gasteiger partial charge is 0.0558 e. The molecular weight excluding hydrogens is 192 g/mol. The fourth-order valence-corrected chi connectivity index (χ4v) is 2.43. The Labute approximate surface area is 90.5 Å². The number of thiophene rings is 1. The molecule has 1 unspecified atom stereocenters. The minimum Gasteiger partial charge on any atom is -0.271 e. The lowest BCUT2D eigenvalue weighted by atomic mass is 9.88. The van der Waals surface area contributed by atoms with E-state index >= 15 is 0 Å². The third-order valence-electron chi connectivity index (χ3n) is 2.12. The highest BCUT2D eigenvalue weighted by Gasteiger charge is 2.20. The van der Waals surface area contributed by atoms with E-state index in [-0.39, 0.29) is 6.04 Å². The highest BCUT2D eigenvalue weighted by atomic mass is 32.1. The zero-order valence-electron chi connectivity index (χ0n) is 9.42. The maximum Gasteiger partial charge on any atom is 0.0558 e. The topological polar surface area (TPSA) is 38.0 Å². The van der Waals surface area contributed by atoms with Crippen molar-refractivity contribution in [2.75, 3.05) is 0 Å². The van der Waals surface area contributed by atoms with Crippen LogP contribution in [0.5, 0.6) is 0 Å². The second-order valence-electron chi connectivity index (χ2n) is 4.93. The quantitative estimate of drug-likeness (QED) is 0.597. The normalized spacial score (nSPS) is 14.4. The van der Waals surface area contributed by atoms with Crippen molar-refractivity contribution in [2.45, 2.75) is 40.2 Å². The second-order valence-corrected chi connectivity index (χ2v) is 6.25. The lowest BCUT2D eigenvalue weighted by Crippen LogP contribution is -2.30. The highest BCUT2D eigenvalue weighted by Crippen LogP contribution is 2.32. The first kappa shape index (κ1) is 11.7. The second kappa shape index (κ2) is 4.43. The molecule has 3 N–H and O–H groups in total. The Morgan fingerprint density at radius 1 is 1.43 bits per heavy atom. The van der Waals surface area contributed by atoms with E-state index in [1.807, 2.05) is 11.3 Å². The molecule has 1 heterocycles. The summed E-state index contributed by atoms with van der Waals surface area (Å²) in [6, 6.07) is 4.59. The largest absolute Gasteiger partial charge is 0.271 e. The molecule has 1 aromatic heterocycles. The van der Waals surface area contributed by atoms with E-state index < -0.39 is 0 Å². The molecule has 0 aliphatic carbocycles. The zero-order valence-corrected chi connectivity index (χ0v) is 10.2. The first-order chi connectivity index (χ1) is 6.42. The molecule has 0 bridgehead atoms. The lowest BCUT2D eigenvalue weighted by Gasteiger charge is -2.24. The van der Waals surface area contributed by atoms with Gasteiger partial charge in [0.05, 0.1) is 6.04 Å². The lowest BCUT2D eigenvalue weighted by molar-refractivity contribution is 0.316. The number of hydrogen-bond acceptors (Lipinski definition) is 3. The van der Waals surface area contributed by atoms with Crippen molar-refractivity contribution >= 4 is 11.3 Å². The molecule has 0 aliphatic heterocycles. The van der Waals surface area contributed by atoms with Crippen LogP contribution in [0.4, 0.5) is 0 Å². The summed E-state index contributed by atoms with van der Waals surface area (Å²) in [6.45, 7) is 8.83. The zero-order chi connectivity index (χ0) is 10.8. The molecule has 0 fully saturated rings. The maximum absolute atomic E-state index is 5.58. The molecule has 1 rings (SSSR count). The van der Waals surface area contributed by atoms with Crippen molar-refractivity contribution in [3.8, 4) is 0 Å². The summed E-state index contributed by atoms with van der Waals surface area (Å²) in [6.07, 6.45) is 1.06. The Kier molecular flexibility index (Phi) is 3.70. The van der Waals surface area contributed by atoms with Gasteiger partial charge < -0.3 is 0 Å². The van der Waals surface area contributed by atoms with Gasteiger partial charge in [-0.05, 0) is 30.9 Å². The van der Waals surface area contributed by atoms with E-state index in [1.54, 1.807) is 0 Å². The Balaban J connectivity index is 2.72. The SMILES string of the molecule is Cc1ccc(C(CC(C)(C)C)NN)s1. The molecule has 0 aromatic carbocycles. The molecule has 0 spiro atoms. The van der Waals surface area contributed by atoms with Crippen LogP contribution in [0, 0.1) is 12.3 Å². The molecule has 0 saturated heterocycles. The van der Waals surface area contributed by atoms with Gasteiger partial charge in [-0.2, -0.15) is 0 Å². The van der Waals surface area contributed by atoms with Crippen LogP contribution in [0.2, 0.25) is 0 Å². The van der Waals surface area contributed by atoms with Crippen molar-refractivity contribution in [3.05, 3.63) is 21.9 Å². The van der Waals surface area contributed by atoms with Gasteiger partial charge in [0.1, 0.15) is 0 Å². The summed E-state index contributed by atoms with van der Waals surface area (Å²) in [5, 5.41) is 0. The average molecular weight is 212 g/mol. The van der Waals surface area contributed by atoms with E-state index in [2.05, 4.69) is 45.3 Å². The van der Waals surface area contributed by atoms with E-state index in [0.29, 0.717) is 5.41 Å². The molecule has 0 saturated carbocycles. The van der Waals surface area contributed by atoms with Crippen LogP contribution >= 0.6 is 11.3 Å².